The highest BCUT2D eigenvalue weighted by Gasteiger charge is 2.30. The van der Waals surface area contributed by atoms with Gasteiger partial charge in [-0.1, -0.05) is 103 Å². The number of nitrogens with one attached hydrogen (secondary N) is 1. The number of thioether (sulfide) groups is 1. The molecule has 0 aliphatic heterocycles. The van der Waals surface area contributed by atoms with E-state index in [1.165, 1.54) is 5.56 Å². The van der Waals surface area contributed by atoms with Crippen LogP contribution in [0.4, 0.5) is 0 Å². The number of amides is 2. The highest BCUT2D eigenvalue weighted by atomic mass is 35.5. The topological polar surface area (TPSA) is 49.4 Å². The lowest BCUT2D eigenvalue weighted by molar-refractivity contribution is -0.139. The summed E-state index contributed by atoms with van der Waals surface area (Å²) in [6.07, 6.45) is 0.407. The van der Waals surface area contributed by atoms with E-state index < -0.39 is 6.04 Å². The molecule has 0 fully saturated rings. The Morgan fingerprint density at radius 2 is 1.65 bits per heavy atom. The van der Waals surface area contributed by atoms with Crippen LogP contribution in [0.15, 0.2) is 72.8 Å². The zero-order chi connectivity index (χ0) is 26.8. The molecule has 0 spiro atoms. The first-order valence-electron chi connectivity index (χ1n) is 12.4. The molecule has 0 saturated carbocycles. The number of aryl methyl sites for hydroxylation is 1. The molecule has 0 unspecified atom stereocenters. The molecule has 0 aliphatic carbocycles. The average molecular weight is 558 g/mol. The molecule has 0 heterocycles. The summed E-state index contributed by atoms with van der Waals surface area (Å²) >= 11 is 14.1. The monoisotopic (exact) mass is 556 g/mol. The minimum atomic E-state index is -0.680. The number of hydrogen-bond acceptors (Lipinski definition) is 3. The van der Waals surface area contributed by atoms with Gasteiger partial charge in [-0.15, -0.1) is 11.8 Å². The molecular weight excluding hydrogens is 523 g/mol. The van der Waals surface area contributed by atoms with E-state index in [4.69, 9.17) is 23.2 Å². The number of hydrogen-bond donors (Lipinski definition) is 1. The lowest BCUT2D eigenvalue weighted by Gasteiger charge is -2.32. The first kappa shape index (κ1) is 29.1. The van der Waals surface area contributed by atoms with Gasteiger partial charge in [0.25, 0.3) is 0 Å². The Hall–Kier alpha value is -2.47. The Balaban J connectivity index is 1.86. The van der Waals surface area contributed by atoms with Gasteiger partial charge in [0.2, 0.25) is 11.8 Å². The van der Waals surface area contributed by atoms with E-state index in [-0.39, 0.29) is 24.1 Å². The van der Waals surface area contributed by atoms with Crippen LogP contribution in [0.3, 0.4) is 0 Å². The van der Waals surface area contributed by atoms with Crippen molar-refractivity contribution in [2.24, 2.45) is 5.92 Å². The van der Waals surface area contributed by atoms with Crippen LogP contribution in [0.25, 0.3) is 0 Å². The predicted molar refractivity (Wildman–Crippen MR) is 156 cm³/mol. The van der Waals surface area contributed by atoms with Gasteiger partial charge in [-0.05, 0) is 41.7 Å². The first-order chi connectivity index (χ1) is 17.7. The van der Waals surface area contributed by atoms with Crippen molar-refractivity contribution >= 4 is 46.8 Å². The average Bonchev–Trinajstić information content (AvgIpc) is 2.87. The van der Waals surface area contributed by atoms with Crippen LogP contribution < -0.4 is 5.32 Å². The third kappa shape index (κ3) is 9.41. The van der Waals surface area contributed by atoms with Crippen LogP contribution in [-0.2, 0) is 28.3 Å². The molecule has 1 atom stereocenters. The quantitative estimate of drug-likeness (QED) is 0.262. The Labute approximate surface area is 234 Å². The molecular formula is C30H34Cl2N2O2S. The number of carbonyl (C=O) groups is 2. The number of rotatable bonds is 12. The Morgan fingerprint density at radius 3 is 2.30 bits per heavy atom. The zero-order valence-corrected chi connectivity index (χ0v) is 23.9. The van der Waals surface area contributed by atoms with Gasteiger partial charge in [0, 0.05) is 35.3 Å². The Kier molecular flexibility index (Phi) is 11.4. The summed E-state index contributed by atoms with van der Waals surface area (Å²) in [4.78, 5) is 28.9. The van der Waals surface area contributed by atoms with Crippen molar-refractivity contribution in [1.82, 2.24) is 10.2 Å². The highest BCUT2D eigenvalue weighted by molar-refractivity contribution is 7.99. The maximum absolute atomic E-state index is 13.7. The molecule has 196 valence electrons. The van der Waals surface area contributed by atoms with Crippen molar-refractivity contribution in [3.05, 3.63) is 105 Å². The lowest BCUT2D eigenvalue weighted by atomic mass is 10.0. The van der Waals surface area contributed by atoms with E-state index in [0.717, 1.165) is 16.7 Å². The number of nitrogens with zero attached hydrogens (tertiary/aromatic N) is 1. The molecule has 7 heteroatoms. The SMILES string of the molecule is Cc1ccc(CSCC(=O)N(Cc2ccc(Cl)cc2Cl)[C@@H](Cc2ccccc2)C(=O)NCC(C)C)cc1. The third-order valence-electron chi connectivity index (χ3n) is 5.93. The standard InChI is InChI=1S/C30H34Cl2N2O2S/c1-21(2)17-33-30(36)28(15-23-7-5-4-6-8-23)34(18-25-13-14-26(31)16-27(25)32)29(35)20-37-19-24-11-9-22(3)10-12-24/h4-14,16,21,28H,15,17-20H2,1-3H3,(H,33,36)/t28-/m0/s1. The molecule has 1 N–H and O–H groups in total. The van der Waals surface area contributed by atoms with Crippen LogP contribution in [0.1, 0.15) is 36.1 Å². The molecule has 4 nitrogen and oxygen atoms in total. The van der Waals surface area contributed by atoms with E-state index >= 15 is 0 Å². The largest absolute Gasteiger partial charge is 0.354 e. The van der Waals surface area contributed by atoms with Crippen LogP contribution in [-0.4, -0.2) is 35.1 Å². The number of carbonyl (C=O) groups excluding carboxylic acids is 2. The van der Waals surface area contributed by atoms with Crippen molar-refractivity contribution in [3.63, 3.8) is 0 Å². The van der Waals surface area contributed by atoms with Gasteiger partial charge < -0.3 is 10.2 Å². The number of halogens is 2. The van der Waals surface area contributed by atoms with Gasteiger partial charge in [0.1, 0.15) is 6.04 Å². The van der Waals surface area contributed by atoms with E-state index in [2.05, 4.69) is 36.5 Å². The molecule has 0 saturated heterocycles. The summed E-state index contributed by atoms with van der Waals surface area (Å²) in [5.74, 6) is 0.983. The van der Waals surface area contributed by atoms with Gasteiger partial charge >= 0.3 is 0 Å². The molecule has 2 amide bonds. The van der Waals surface area contributed by atoms with Crippen molar-refractivity contribution in [1.29, 1.82) is 0 Å². The van der Waals surface area contributed by atoms with Gasteiger partial charge in [-0.25, -0.2) is 0 Å². The van der Waals surface area contributed by atoms with Crippen LogP contribution in [0.2, 0.25) is 10.0 Å². The molecule has 3 aromatic rings. The highest BCUT2D eigenvalue weighted by Crippen LogP contribution is 2.25. The summed E-state index contributed by atoms with van der Waals surface area (Å²) in [6, 6.07) is 22.6. The second kappa shape index (κ2) is 14.5. The summed E-state index contributed by atoms with van der Waals surface area (Å²) in [6.45, 7) is 6.90. The molecule has 3 aromatic carbocycles. The fourth-order valence-electron chi connectivity index (χ4n) is 3.83. The molecule has 0 bridgehead atoms. The maximum Gasteiger partial charge on any atom is 0.243 e. The predicted octanol–water partition coefficient (Wildman–Crippen LogP) is 6.95. The Bertz CT molecular complexity index is 1170. The van der Waals surface area contributed by atoms with E-state index in [1.807, 2.05) is 50.2 Å². The van der Waals surface area contributed by atoms with Crippen molar-refractivity contribution in [3.8, 4) is 0 Å². The zero-order valence-electron chi connectivity index (χ0n) is 21.5. The van der Waals surface area contributed by atoms with E-state index in [1.54, 1.807) is 28.8 Å². The fourth-order valence-corrected chi connectivity index (χ4v) is 5.17. The summed E-state index contributed by atoms with van der Waals surface area (Å²) in [7, 11) is 0. The minimum Gasteiger partial charge on any atom is -0.354 e. The van der Waals surface area contributed by atoms with Crippen LogP contribution in [0.5, 0.6) is 0 Å². The van der Waals surface area contributed by atoms with Crippen molar-refractivity contribution in [2.75, 3.05) is 12.3 Å². The molecule has 3 rings (SSSR count). The fraction of sp³-hybridized carbons (Fsp3) is 0.333. The van der Waals surface area contributed by atoms with E-state index in [9.17, 15) is 9.59 Å². The van der Waals surface area contributed by atoms with Gasteiger partial charge in [-0.3, -0.25) is 9.59 Å². The third-order valence-corrected chi connectivity index (χ3v) is 7.50. The molecule has 0 aliphatic rings. The summed E-state index contributed by atoms with van der Waals surface area (Å²) in [5, 5.41) is 4.04. The molecule has 0 radical (unpaired) electrons. The van der Waals surface area contributed by atoms with Crippen molar-refractivity contribution < 1.29 is 9.59 Å². The van der Waals surface area contributed by atoms with Crippen LogP contribution in [0, 0.1) is 12.8 Å². The van der Waals surface area contributed by atoms with Gasteiger partial charge in [-0.2, -0.15) is 0 Å². The minimum absolute atomic E-state index is 0.108. The lowest BCUT2D eigenvalue weighted by Crippen LogP contribution is -2.51. The summed E-state index contributed by atoms with van der Waals surface area (Å²) < 4.78 is 0. The van der Waals surface area contributed by atoms with Gasteiger partial charge in [0.15, 0.2) is 0 Å². The maximum atomic E-state index is 13.7. The number of benzene rings is 3. The second-order valence-electron chi connectivity index (χ2n) is 9.58. The normalized spacial score (nSPS) is 11.8. The van der Waals surface area contributed by atoms with E-state index in [0.29, 0.717) is 34.7 Å². The molecule has 37 heavy (non-hydrogen) atoms. The van der Waals surface area contributed by atoms with Gasteiger partial charge in [0.05, 0.1) is 5.75 Å². The second-order valence-corrected chi connectivity index (χ2v) is 11.4. The first-order valence-corrected chi connectivity index (χ1v) is 14.3. The van der Waals surface area contributed by atoms with Crippen molar-refractivity contribution in [2.45, 2.75) is 45.5 Å². The Morgan fingerprint density at radius 1 is 0.946 bits per heavy atom. The smallest absolute Gasteiger partial charge is 0.243 e. The molecule has 0 aromatic heterocycles. The summed E-state index contributed by atoms with van der Waals surface area (Å²) in [5.41, 5.74) is 4.09. The van der Waals surface area contributed by atoms with Crippen LogP contribution >= 0.6 is 35.0 Å².